The van der Waals surface area contributed by atoms with Crippen molar-refractivity contribution in [3.8, 4) is 0 Å². The molecule has 0 aliphatic heterocycles. The largest absolute Gasteiger partial charge is 0.350 e. The first-order valence-corrected chi connectivity index (χ1v) is 5.29. The van der Waals surface area contributed by atoms with Gasteiger partial charge in [-0.15, -0.1) is 0 Å². The van der Waals surface area contributed by atoms with Crippen LogP contribution in [0.5, 0.6) is 0 Å². The Balaban J connectivity index is 2.22. The Morgan fingerprint density at radius 2 is 2.12 bits per heavy atom. The summed E-state index contributed by atoms with van der Waals surface area (Å²) in [7, 11) is 0. The predicted molar refractivity (Wildman–Crippen MR) is 62.6 cm³/mol. The maximum Gasteiger partial charge on any atom is 0.123 e. The molecule has 1 aromatic carbocycles. The Hall–Kier alpha value is -1.61. The van der Waals surface area contributed by atoms with Crippen molar-refractivity contribution < 1.29 is 4.39 Å². The van der Waals surface area contributed by atoms with Gasteiger partial charge < -0.3 is 10.3 Å². The fourth-order valence-electron chi connectivity index (χ4n) is 1.72. The summed E-state index contributed by atoms with van der Waals surface area (Å²) in [5, 5.41) is 0. The van der Waals surface area contributed by atoms with Gasteiger partial charge in [0, 0.05) is 25.5 Å². The summed E-state index contributed by atoms with van der Waals surface area (Å²) in [6.07, 6.45) is 3.96. The Bertz CT molecular complexity index is 488. The van der Waals surface area contributed by atoms with E-state index in [2.05, 4.69) is 0 Å². The number of rotatable bonds is 3. The molecule has 1 heterocycles. The molecular formula is C13H15FN2. The van der Waals surface area contributed by atoms with Crippen LogP contribution in [-0.4, -0.2) is 4.57 Å². The third-order valence-electron chi connectivity index (χ3n) is 2.71. The molecule has 0 spiro atoms. The Labute approximate surface area is 94.5 Å². The van der Waals surface area contributed by atoms with Gasteiger partial charge in [0.1, 0.15) is 5.82 Å². The lowest BCUT2D eigenvalue weighted by Gasteiger charge is -2.07. The number of hydrogen-bond donors (Lipinski definition) is 1. The minimum absolute atomic E-state index is 0.188. The summed E-state index contributed by atoms with van der Waals surface area (Å²) in [6.45, 7) is 3.21. The molecule has 2 nitrogen and oxygen atoms in total. The minimum Gasteiger partial charge on any atom is -0.350 e. The number of aryl methyl sites for hydroxylation is 1. The van der Waals surface area contributed by atoms with Gasteiger partial charge in [-0.3, -0.25) is 0 Å². The molecule has 0 aliphatic rings. The summed E-state index contributed by atoms with van der Waals surface area (Å²) in [4.78, 5) is 0. The molecule has 2 aromatic rings. The topological polar surface area (TPSA) is 30.9 Å². The number of halogens is 1. The normalized spacial score (nSPS) is 10.7. The highest BCUT2D eigenvalue weighted by atomic mass is 19.1. The third-order valence-corrected chi connectivity index (χ3v) is 2.71. The number of benzene rings is 1. The van der Waals surface area contributed by atoms with Gasteiger partial charge in [0.25, 0.3) is 0 Å². The van der Waals surface area contributed by atoms with Crippen LogP contribution in [0.15, 0.2) is 36.7 Å². The van der Waals surface area contributed by atoms with Crippen LogP contribution in [0.2, 0.25) is 0 Å². The fraction of sp³-hybridized carbons (Fsp3) is 0.231. The van der Waals surface area contributed by atoms with Gasteiger partial charge in [-0.1, -0.05) is 6.07 Å². The van der Waals surface area contributed by atoms with Crippen molar-refractivity contribution in [2.45, 2.75) is 20.0 Å². The lowest BCUT2D eigenvalue weighted by atomic mass is 10.1. The average Bonchev–Trinajstić information content (AvgIpc) is 2.71. The first kappa shape index (κ1) is 10.9. The maximum atomic E-state index is 13.1. The predicted octanol–water partition coefficient (Wildman–Crippen LogP) is 2.44. The molecule has 0 fully saturated rings. The van der Waals surface area contributed by atoms with Crippen molar-refractivity contribution in [3.05, 3.63) is 59.2 Å². The van der Waals surface area contributed by atoms with Crippen molar-refractivity contribution >= 4 is 0 Å². The molecule has 1 aromatic heterocycles. The second kappa shape index (κ2) is 4.49. The van der Waals surface area contributed by atoms with Gasteiger partial charge in [-0.2, -0.15) is 0 Å². The van der Waals surface area contributed by atoms with Crippen LogP contribution >= 0.6 is 0 Å². The molecule has 0 saturated heterocycles. The number of aromatic nitrogens is 1. The van der Waals surface area contributed by atoms with Crippen molar-refractivity contribution in [1.29, 1.82) is 0 Å². The van der Waals surface area contributed by atoms with Crippen LogP contribution in [-0.2, 0) is 13.1 Å². The number of nitrogens with zero attached hydrogens (tertiary/aromatic N) is 1. The van der Waals surface area contributed by atoms with Crippen molar-refractivity contribution in [2.75, 3.05) is 0 Å². The van der Waals surface area contributed by atoms with Crippen LogP contribution in [0.25, 0.3) is 0 Å². The molecule has 2 rings (SSSR count). The molecule has 2 N–H and O–H groups in total. The molecule has 0 amide bonds. The van der Waals surface area contributed by atoms with E-state index >= 15 is 0 Å². The summed E-state index contributed by atoms with van der Waals surface area (Å²) < 4.78 is 15.1. The van der Waals surface area contributed by atoms with E-state index in [0.29, 0.717) is 13.1 Å². The zero-order chi connectivity index (χ0) is 11.5. The van der Waals surface area contributed by atoms with Gasteiger partial charge in [0.2, 0.25) is 0 Å². The van der Waals surface area contributed by atoms with E-state index in [-0.39, 0.29) is 5.82 Å². The van der Waals surface area contributed by atoms with E-state index in [4.69, 9.17) is 5.73 Å². The van der Waals surface area contributed by atoms with E-state index in [0.717, 1.165) is 16.7 Å². The summed E-state index contributed by atoms with van der Waals surface area (Å²) in [5.74, 6) is -0.188. The van der Waals surface area contributed by atoms with Gasteiger partial charge >= 0.3 is 0 Å². The standard InChI is InChI=1S/C13H15FN2/c1-10-2-3-13(14)6-12(10)9-16-5-4-11(7-15)8-16/h2-6,8H,7,9,15H2,1H3. The van der Waals surface area contributed by atoms with Crippen LogP contribution in [0.1, 0.15) is 16.7 Å². The van der Waals surface area contributed by atoms with E-state index in [9.17, 15) is 4.39 Å². The fourth-order valence-corrected chi connectivity index (χ4v) is 1.72. The minimum atomic E-state index is -0.188. The van der Waals surface area contributed by atoms with E-state index < -0.39 is 0 Å². The highest BCUT2D eigenvalue weighted by Crippen LogP contribution is 2.12. The second-order valence-corrected chi connectivity index (χ2v) is 3.97. The molecule has 0 atom stereocenters. The molecule has 84 valence electrons. The van der Waals surface area contributed by atoms with Crippen LogP contribution in [0.3, 0.4) is 0 Å². The third kappa shape index (κ3) is 2.31. The molecule has 0 aliphatic carbocycles. The molecule has 0 bridgehead atoms. The summed E-state index contributed by atoms with van der Waals surface area (Å²) in [6, 6.07) is 6.85. The smallest absolute Gasteiger partial charge is 0.123 e. The summed E-state index contributed by atoms with van der Waals surface area (Å²) >= 11 is 0. The molecular weight excluding hydrogens is 203 g/mol. The monoisotopic (exact) mass is 218 g/mol. The average molecular weight is 218 g/mol. The Morgan fingerprint density at radius 1 is 1.31 bits per heavy atom. The molecule has 3 heteroatoms. The lowest BCUT2D eigenvalue weighted by molar-refractivity contribution is 0.622. The van der Waals surface area contributed by atoms with Crippen molar-refractivity contribution in [2.24, 2.45) is 5.73 Å². The highest BCUT2D eigenvalue weighted by molar-refractivity contribution is 5.27. The van der Waals surface area contributed by atoms with Gasteiger partial charge in [-0.05, 0) is 41.8 Å². The molecule has 0 radical (unpaired) electrons. The Morgan fingerprint density at radius 3 is 2.81 bits per heavy atom. The zero-order valence-electron chi connectivity index (χ0n) is 9.28. The number of nitrogens with two attached hydrogens (primary N) is 1. The first-order valence-electron chi connectivity index (χ1n) is 5.29. The van der Waals surface area contributed by atoms with Gasteiger partial charge in [0.15, 0.2) is 0 Å². The molecule has 16 heavy (non-hydrogen) atoms. The quantitative estimate of drug-likeness (QED) is 0.842. The van der Waals surface area contributed by atoms with Crippen LogP contribution in [0, 0.1) is 12.7 Å². The Kier molecular flexibility index (Phi) is 3.06. The van der Waals surface area contributed by atoms with E-state index in [1.165, 1.54) is 6.07 Å². The van der Waals surface area contributed by atoms with Crippen LogP contribution < -0.4 is 5.73 Å². The maximum absolute atomic E-state index is 13.1. The van der Waals surface area contributed by atoms with Crippen LogP contribution in [0.4, 0.5) is 4.39 Å². The SMILES string of the molecule is Cc1ccc(F)cc1Cn1ccc(CN)c1. The van der Waals surface area contributed by atoms with E-state index in [1.807, 2.05) is 30.0 Å². The molecule has 0 unspecified atom stereocenters. The number of hydrogen-bond acceptors (Lipinski definition) is 1. The molecule has 0 saturated carbocycles. The zero-order valence-corrected chi connectivity index (χ0v) is 9.28. The van der Waals surface area contributed by atoms with E-state index in [1.54, 1.807) is 12.1 Å². The summed E-state index contributed by atoms with van der Waals surface area (Å²) in [5.41, 5.74) is 8.73. The van der Waals surface area contributed by atoms with Crippen molar-refractivity contribution in [3.63, 3.8) is 0 Å². The van der Waals surface area contributed by atoms with Crippen molar-refractivity contribution in [1.82, 2.24) is 4.57 Å². The highest BCUT2D eigenvalue weighted by Gasteiger charge is 2.02. The van der Waals surface area contributed by atoms with Gasteiger partial charge in [-0.25, -0.2) is 4.39 Å². The second-order valence-electron chi connectivity index (χ2n) is 3.97. The first-order chi connectivity index (χ1) is 7.69. The van der Waals surface area contributed by atoms with Gasteiger partial charge in [0.05, 0.1) is 0 Å². The lowest BCUT2D eigenvalue weighted by Crippen LogP contribution is -2.00.